The Hall–Kier alpha value is -2.52. The van der Waals surface area contributed by atoms with E-state index in [-0.39, 0.29) is 23.9 Å². The summed E-state index contributed by atoms with van der Waals surface area (Å²) < 4.78 is 15.9. The van der Waals surface area contributed by atoms with Gasteiger partial charge >= 0.3 is 5.97 Å². The number of anilines is 1. The van der Waals surface area contributed by atoms with Crippen LogP contribution in [-0.4, -0.2) is 47.3 Å². The van der Waals surface area contributed by atoms with E-state index in [1.54, 1.807) is 24.4 Å². The lowest BCUT2D eigenvalue weighted by Crippen LogP contribution is -2.22. The van der Waals surface area contributed by atoms with E-state index >= 15 is 0 Å². The molecule has 0 fully saturated rings. The van der Waals surface area contributed by atoms with Crippen molar-refractivity contribution in [2.45, 2.75) is 39.7 Å². The Kier molecular flexibility index (Phi) is 7.89. The lowest BCUT2D eigenvalue weighted by Gasteiger charge is -2.19. The van der Waals surface area contributed by atoms with E-state index in [1.807, 2.05) is 20.8 Å². The number of hydrogen-bond acceptors (Lipinski definition) is 8. The summed E-state index contributed by atoms with van der Waals surface area (Å²) in [5.41, 5.74) is 0.712. The van der Waals surface area contributed by atoms with Crippen molar-refractivity contribution in [1.82, 2.24) is 9.97 Å². The summed E-state index contributed by atoms with van der Waals surface area (Å²) in [7, 11) is 0. The Morgan fingerprint density at radius 2 is 2.00 bits per heavy atom. The number of ether oxygens (including phenoxy) is 3. The van der Waals surface area contributed by atoms with Crippen LogP contribution in [0, 0.1) is 0 Å². The first-order valence-electron chi connectivity index (χ1n) is 8.91. The molecule has 2 rings (SSSR count). The average Bonchev–Trinajstić information content (AvgIpc) is 3.05. The summed E-state index contributed by atoms with van der Waals surface area (Å²) in [4.78, 5) is 32.1. The summed E-state index contributed by atoms with van der Waals surface area (Å²) in [6.07, 6.45) is 1.51. The topological polar surface area (TPSA) is 99.6 Å². The number of carbonyl (C=O) groups excluding carboxylic acids is 2. The predicted octanol–water partition coefficient (Wildman–Crippen LogP) is 3.09. The van der Waals surface area contributed by atoms with Crippen LogP contribution in [0.4, 0.5) is 5.13 Å². The maximum atomic E-state index is 12.3. The van der Waals surface area contributed by atoms with Crippen molar-refractivity contribution in [2.75, 3.05) is 25.1 Å². The van der Waals surface area contributed by atoms with Crippen LogP contribution in [0.5, 0.6) is 5.88 Å². The highest BCUT2D eigenvalue weighted by Crippen LogP contribution is 2.18. The number of hydrogen-bond donors (Lipinski definition) is 1. The minimum atomic E-state index is -0.349. The maximum Gasteiger partial charge on any atom is 0.311 e. The molecule has 0 radical (unpaired) electrons. The molecule has 0 atom stereocenters. The van der Waals surface area contributed by atoms with E-state index in [2.05, 4.69) is 15.3 Å². The van der Waals surface area contributed by atoms with Gasteiger partial charge in [0.25, 0.3) is 5.91 Å². The van der Waals surface area contributed by atoms with Crippen LogP contribution < -0.4 is 10.1 Å². The first-order valence-corrected chi connectivity index (χ1v) is 9.79. The van der Waals surface area contributed by atoms with Gasteiger partial charge in [0.2, 0.25) is 5.88 Å². The largest absolute Gasteiger partial charge is 0.475 e. The van der Waals surface area contributed by atoms with Crippen molar-refractivity contribution >= 4 is 28.3 Å². The number of aromatic nitrogens is 2. The summed E-state index contributed by atoms with van der Waals surface area (Å²) in [5, 5.41) is 4.80. The molecule has 28 heavy (non-hydrogen) atoms. The highest BCUT2D eigenvalue weighted by molar-refractivity contribution is 7.14. The van der Waals surface area contributed by atoms with Gasteiger partial charge in [-0.3, -0.25) is 14.9 Å². The van der Waals surface area contributed by atoms with Gasteiger partial charge in [-0.15, -0.1) is 11.3 Å². The molecule has 0 unspecified atom stereocenters. The average molecular weight is 407 g/mol. The fourth-order valence-corrected chi connectivity index (χ4v) is 2.77. The van der Waals surface area contributed by atoms with Crippen LogP contribution in [0.1, 0.15) is 43.7 Å². The van der Waals surface area contributed by atoms with Crippen molar-refractivity contribution in [2.24, 2.45) is 0 Å². The standard InChI is InChI=1S/C19H25N3O5S/c1-5-25-16(23)10-14-12-28-18(21-14)22-17(24)13-6-7-15(20-11-13)26-8-9-27-19(2,3)4/h6-7,11-12H,5,8-10H2,1-4H3,(H,21,22,24). The Morgan fingerprint density at radius 3 is 2.64 bits per heavy atom. The number of esters is 1. The second-order valence-corrected chi connectivity index (χ2v) is 7.63. The third kappa shape index (κ3) is 7.61. The van der Waals surface area contributed by atoms with Crippen molar-refractivity contribution in [3.05, 3.63) is 35.0 Å². The molecule has 0 bridgehead atoms. The fraction of sp³-hybridized carbons (Fsp3) is 0.474. The number of carbonyl (C=O) groups is 2. The van der Waals surface area contributed by atoms with Crippen LogP contribution in [-0.2, 0) is 20.7 Å². The number of nitrogens with one attached hydrogen (secondary N) is 1. The van der Waals surface area contributed by atoms with E-state index in [1.165, 1.54) is 17.5 Å². The molecule has 0 spiro atoms. The molecule has 1 N–H and O–H groups in total. The fourth-order valence-electron chi connectivity index (χ4n) is 2.07. The van der Waals surface area contributed by atoms with E-state index in [0.717, 1.165) is 0 Å². The highest BCUT2D eigenvalue weighted by atomic mass is 32.1. The lowest BCUT2D eigenvalue weighted by molar-refractivity contribution is -0.142. The third-order valence-electron chi connectivity index (χ3n) is 3.27. The minimum Gasteiger partial charge on any atom is -0.475 e. The normalized spacial score (nSPS) is 11.1. The molecule has 0 aliphatic rings. The SMILES string of the molecule is CCOC(=O)Cc1csc(NC(=O)c2ccc(OCCOC(C)(C)C)nc2)n1. The first-order chi connectivity index (χ1) is 13.3. The minimum absolute atomic E-state index is 0.0761. The zero-order valence-corrected chi connectivity index (χ0v) is 17.3. The number of nitrogens with zero attached hydrogens (tertiary/aromatic N) is 2. The van der Waals surface area contributed by atoms with Crippen LogP contribution in [0.15, 0.2) is 23.7 Å². The molecule has 2 heterocycles. The second-order valence-electron chi connectivity index (χ2n) is 6.77. The molecule has 2 aromatic heterocycles. The van der Waals surface area contributed by atoms with E-state index < -0.39 is 0 Å². The van der Waals surface area contributed by atoms with Gasteiger partial charge in [-0.05, 0) is 33.8 Å². The number of rotatable bonds is 9. The summed E-state index contributed by atoms with van der Waals surface area (Å²) in [5.74, 6) is -0.273. The Morgan fingerprint density at radius 1 is 1.21 bits per heavy atom. The molecule has 0 aliphatic heterocycles. The van der Waals surface area contributed by atoms with Crippen molar-refractivity contribution in [3.8, 4) is 5.88 Å². The molecule has 2 aromatic rings. The smallest absolute Gasteiger partial charge is 0.311 e. The van der Waals surface area contributed by atoms with Gasteiger partial charge in [0.15, 0.2) is 5.13 Å². The van der Waals surface area contributed by atoms with Crippen LogP contribution in [0.2, 0.25) is 0 Å². The molecule has 0 saturated carbocycles. The van der Waals surface area contributed by atoms with Gasteiger partial charge < -0.3 is 14.2 Å². The van der Waals surface area contributed by atoms with Crippen molar-refractivity contribution < 1.29 is 23.8 Å². The molecule has 0 saturated heterocycles. The molecule has 9 heteroatoms. The van der Waals surface area contributed by atoms with Gasteiger partial charge in [-0.25, -0.2) is 9.97 Å². The van der Waals surface area contributed by atoms with Gasteiger partial charge in [-0.1, -0.05) is 0 Å². The summed E-state index contributed by atoms with van der Waals surface area (Å²) in [6, 6.07) is 3.25. The van der Waals surface area contributed by atoms with Gasteiger partial charge in [0.1, 0.15) is 6.61 Å². The van der Waals surface area contributed by atoms with Gasteiger partial charge in [0.05, 0.1) is 36.5 Å². The van der Waals surface area contributed by atoms with E-state index in [9.17, 15) is 9.59 Å². The van der Waals surface area contributed by atoms with Crippen LogP contribution in [0.3, 0.4) is 0 Å². The number of pyridine rings is 1. The van der Waals surface area contributed by atoms with E-state index in [4.69, 9.17) is 14.2 Å². The van der Waals surface area contributed by atoms with Crippen LogP contribution in [0.25, 0.3) is 0 Å². The van der Waals surface area contributed by atoms with Gasteiger partial charge in [-0.2, -0.15) is 0 Å². The molecular weight excluding hydrogens is 382 g/mol. The van der Waals surface area contributed by atoms with Crippen LogP contribution >= 0.6 is 11.3 Å². The Bertz CT molecular complexity index is 784. The molecule has 1 amide bonds. The Labute approximate surface area is 168 Å². The molecule has 152 valence electrons. The monoisotopic (exact) mass is 407 g/mol. The van der Waals surface area contributed by atoms with Gasteiger partial charge in [0, 0.05) is 17.6 Å². The summed E-state index contributed by atoms with van der Waals surface area (Å²) >= 11 is 1.24. The lowest BCUT2D eigenvalue weighted by atomic mass is 10.2. The summed E-state index contributed by atoms with van der Waals surface area (Å²) in [6.45, 7) is 8.81. The first kappa shape index (κ1) is 21.8. The molecule has 8 nitrogen and oxygen atoms in total. The maximum absolute atomic E-state index is 12.3. The van der Waals surface area contributed by atoms with Crippen molar-refractivity contribution in [1.29, 1.82) is 0 Å². The Balaban J connectivity index is 1.83. The molecule has 0 aliphatic carbocycles. The van der Waals surface area contributed by atoms with E-state index in [0.29, 0.717) is 42.1 Å². The zero-order chi connectivity index (χ0) is 20.6. The number of amides is 1. The van der Waals surface area contributed by atoms with Crippen molar-refractivity contribution in [3.63, 3.8) is 0 Å². The molecular formula is C19H25N3O5S. The molecule has 0 aromatic carbocycles. The quantitative estimate of drug-likeness (QED) is 0.504. The predicted molar refractivity (Wildman–Crippen MR) is 106 cm³/mol. The zero-order valence-electron chi connectivity index (χ0n) is 16.5. The second kappa shape index (κ2) is 10.1. The highest BCUT2D eigenvalue weighted by Gasteiger charge is 2.13. The number of thiazole rings is 1. The third-order valence-corrected chi connectivity index (χ3v) is 4.08.